The monoisotopic (exact) mass is 415 g/mol. The van der Waals surface area contributed by atoms with Crippen LogP contribution in [0.25, 0.3) is 0 Å². The molecule has 0 radical (unpaired) electrons. The first-order chi connectivity index (χ1) is 14.2. The van der Waals surface area contributed by atoms with Crippen LogP contribution in [0.5, 0.6) is 0 Å². The van der Waals surface area contributed by atoms with Crippen molar-refractivity contribution in [1.82, 2.24) is 0 Å². The highest BCUT2D eigenvalue weighted by atomic mass is 19.4. The van der Waals surface area contributed by atoms with Gasteiger partial charge in [0.2, 0.25) is 0 Å². The second kappa shape index (κ2) is 6.85. The van der Waals surface area contributed by atoms with Crippen molar-refractivity contribution in [3.05, 3.63) is 59.2 Å². The number of anilines is 2. The second-order valence-corrected chi connectivity index (χ2v) is 7.37. The number of carbonyl (C=O) groups is 2. The molecule has 1 aliphatic carbocycles. The average molecular weight is 415 g/mol. The number of alkyl halides is 3. The highest BCUT2D eigenvalue weighted by Gasteiger charge is 2.61. The van der Waals surface area contributed by atoms with E-state index >= 15 is 0 Å². The van der Waals surface area contributed by atoms with Gasteiger partial charge in [-0.1, -0.05) is 0 Å². The van der Waals surface area contributed by atoms with E-state index in [1.165, 1.54) is 29.2 Å². The Balaban J connectivity index is 1.80. The average Bonchev–Trinajstić information content (AvgIpc) is 2.93. The molecular formula is C21H16F3N3O3. The van der Waals surface area contributed by atoms with Gasteiger partial charge >= 0.3 is 12.2 Å². The SMILES string of the molecule is N#Cc1ccc(N2C(=O)N(c3ccc(C=O)cc3)C3(CCC3)[C@H]2O)cc1C(F)(F)F. The molecule has 2 aliphatic rings. The number of amides is 2. The summed E-state index contributed by atoms with van der Waals surface area (Å²) in [4.78, 5) is 26.5. The number of hydrogen-bond acceptors (Lipinski definition) is 4. The summed E-state index contributed by atoms with van der Waals surface area (Å²) < 4.78 is 40.1. The van der Waals surface area contributed by atoms with Crippen LogP contribution < -0.4 is 9.80 Å². The number of carbonyl (C=O) groups excluding carboxylic acids is 2. The summed E-state index contributed by atoms with van der Waals surface area (Å²) >= 11 is 0. The van der Waals surface area contributed by atoms with Gasteiger partial charge in [0.1, 0.15) is 6.29 Å². The van der Waals surface area contributed by atoms with Gasteiger partial charge in [-0.3, -0.25) is 14.6 Å². The molecule has 0 bridgehead atoms. The van der Waals surface area contributed by atoms with Gasteiger partial charge in [0, 0.05) is 16.9 Å². The summed E-state index contributed by atoms with van der Waals surface area (Å²) in [6, 6.07) is 9.95. The van der Waals surface area contributed by atoms with Crippen LogP contribution in [0.3, 0.4) is 0 Å². The van der Waals surface area contributed by atoms with Crippen molar-refractivity contribution in [2.75, 3.05) is 9.80 Å². The smallest absolute Gasteiger partial charge is 0.371 e. The summed E-state index contributed by atoms with van der Waals surface area (Å²) in [5, 5.41) is 20.0. The Morgan fingerprint density at radius 2 is 1.77 bits per heavy atom. The van der Waals surface area contributed by atoms with Crippen molar-refractivity contribution in [3.63, 3.8) is 0 Å². The van der Waals surface area contributed by atoms with Crippen LogP contribution in [-0.4, -0.2) is 29.2 Å². The highest BCUT2D eigenvalue weighted by Crippen LogP contribution is 2.50. The summed E-state index contributed by atoms with van der Waals surface area (Å²) in [5.74, 6) is 0. The third-order valence-corrected chi connectivity index (χ3v) is 5.78. The number of aliphatic hydroxyl groups is 1. The van der Waals surface area contributed by atoms with Crippen LogP contribution in [0.15, 0.2) is 42.5 Å². The van der Waals surface area contributed by atoms with E-state index in [-0.39, 0.29) is 5.69 Å². The Kier molecular flexibility index (Phi) is 4.55. The number of nitrogens with zero attached hydrogens (tertiary/aromatic N) is 3. The van der Waals surface area contributed by atoms with E-state index in [9.17, 15) is 27.9 Å². The first kappa shape index (κ1) is 19.9. The summed E-state index contributed by atoms with van der Waals surface area (Å²) in [7, 11) is 0. The van der Waals surface area contributed by atoms with E-state index in [0.29, 0.717) is 36.4 Å². The van der Waals surface area contributed by atoms with Crippen LogP contribution in [0, 0.1) is 11.3 Å². The van der Waals surface area contributed by atoms with Gasteiger partial charge in [0.15, 0.2) is 6.23 Å². The molecular weight excluding hydrogens is 399 g/mol. The lowest BCUT2D eigenvalue weighted by Crippen LogP contribution is -2.57. The molecule has 4 rings (SSSR count). The molecule has 2 aromatic carbocycles. The zero-order chi connectivity index (χ0) is 21.7. The predicted octanol–water partition coefficient (Wildman–Crippen LogP) is 4.08. The van der Waals surface area contributed by atoms with Gasteiger partial charge in [-0.25, -0.2) is 4.79 Å². The van der Waals surface area contributed by atoms with Crippen molar-refractivity contribution in [2.24, 2.45) is 0 Å². The minimum absolute atomic E-state index is 0.142. The molecule has 1 spiro atoms. The third-order valence-electron chi connectivity index (χ3n) is 5.78. The van der Waals surface area contributed by atoms with Crippen molar-refractivity contribution >= 4 is 23.7 Å². The first-order valence-electron chi connectivity index (χ1n) is 9.21. The maximum atomic E-state index is 13.4. The number of benzene rings is 2. The lowest BCUT2D eigenvalue weighted by molar-refractivity contribution is -0.137. The first-order valence-corrected chi connectivity index (χ1v) is 9.21. The highest BCUT2D eigenvalue weighted by molar-refractivity contribution is 6.08. The lowest BCUT2D eigenvalue weighted by Gasteiger charge is -2.46. The van der Waals surface area contributed by atoms with Crippen molar-refractivity contribution < 1.29 is 27.9 Å². The predicted molar refractivity (Wildman–Crippen MR) is 101 cm³/mol. The summed E-state index contributed by atoms with van der Waals surface area (Å²) in [6.07, 6.45) is -3.78. The van der Waals surface area contributed by atoms with Crippen molar-refractivity contribution in [1.29, 1.82) is 5.26 Å². The Labute approximate surface area is 169 Å². The fraction of sp³-hybridized carbons (Fsp3) is 0.286. The second-order valence-electron chi connectivity index (χ2n) is 7.37. The molecule has 154 valence electrons. The maximum absolute atomic E-state index is 13.4. The van der Waals surface area contributed by atoms with E-state index in [2.05, 4.69) is 0 Å². The van der Waals surface area contributed by atoms with Crippen LogP contribution in [0.2, 0.25) is 0 Å². The number of rotatable bonds is 3. The van der Waals surface area contributed by atoms with Gasteiger partial charge in [-0.2, -0.15) is 18.4 Å². The van der Waals surface area contributed by atoms with E-state index in [0.717, 1.165) is 17.4 Å². The van der Waals surface area contributed by atoms with Gasteiger partial charge in [0.05, 0.1) is 22.7 Å². The topological polar surface area (TPSA) is 84.6 Å². The van der Waals surface area contributed by atoms with E-state index in [1.807, 2.05) is 0 Å². The third kappa shape index (κ3) is 2.83. The van der Waals surface area contributed by atoms with Crippen LogP contribution in [0.1, 0.15) is 40.7 Å². The number of halogens is 3. The summed E-state index contributed by atoms with van der Waals surface area (Å²) in [5.41, 5.74) is -1.99. The molecule has 9 heteroatoms. The number of nitriles is 1. The Morgan fingerprint density at radius 3 is 2.27 bits per heavy atom. The molecule has 1 heterocycles. The van der Waals surface area contributed by atoms with Crippen molar-refractivity contribution in [2.45, 2.75) is 37.2 Å². The lowest BCUT2D eigenvalue weighted by atomic mass is 9.74. The number of aldehydes is 1. The van der Waals surface area contributed by atoms with Crippen LogP contribution >= 0.6 is 0 Å². The standard InChI is InChI=1S/C21H16F3N3O3/c22-21(23,24)17-10-16(7-4-14(17)11-25)26-18(29)20(8-1-9-20)27(19(26)30)15-5-2-13(12-28)3-6-15/h2-7,10,12,18,29H,1,8-9H2/t18-/m1/s1. The fourth-order valence-electron chi connectivity index (χ4n) is 4.11. The molecule has 0 unspecified atom stereocenters. The largest absolute Gasteiger partial charge is 0.417 e. The van der Waals surface area contributed by atoms with Crippen LogP contribution in [-0.2, 0) is 6.18 Å². The minimum atomic E-state index is -4.78. The molecule has 1 saturated carbocycles. The zero-order valence-electron chi connectivity index (χ0n) is 15.6. The fourth-order valence-corrected chi connectivity index (χ4v) is 4.11. The Morgan fingerprint density at radius 1 is 1.13 bits per heavy atom. The van der Waals surface area contributed by atoms with Gasteiger partial charge < -0.3 is 5.11 Å². The molecule has 2 amide bonds. The number of hydrogen-bond donors (Lipinski definition) is 1. The zero-order valence-corrected chi connectivity index (χ0v) is 15.6. The Hall–Kier alpha value is -3.38. The molecule has 2 fully saturated rings. The molecule has 0 aromatic heterocycles. The molecule has 1 saturated heterocycles. The van der Waals surface area contributed by atoms with E-state index in [4.69, 9.17) is 5.26 Å². The van der Waals surface area contributed by atoms with E-state index < -0.39 is 35.1 Å². The van der Waals surface area contributed by atoms with Gasteiger partial charge in [0.25, 0.3) is 0 Å². The normalized spacial score (nSPS) is 20.2. The number of urea groups is 1. The molecule has 30 heavy (non-hydrogen) atoms. The molecule has 1 atom stereocenters. The van der Waals surface area contributed by atoms with Crippen LogP contribution in [0.4, 0.5) is 29.3 Å². The summed E-state index contributed by atoms with van der Waals surface area (Å²) in [6.45, 7) is 0. The molecule has 1 aliphatic heterocycles. The number of aliphatic hydroxyl groups excluding tert-OH is 1. The van der Waals surface area contributed by atoms with Gasteiger partial charge in [-0.05, 0) is 61.7 Å². The minimum Gasteiger partial charge on any atom is -0.371 e. The quantitative estimate of drug-likeness (QED) is 0.766. The molecule has 1 N–H and O–H groups in total. The van der Waals surface area contributed by atoms with Gasteiger partial charge in [-0.15, -0.1) is 0 Å². The van der Waals surface area contributed by atoms with Crippen molar-refractivity contribution in [3.8, 4) is 6.07 Å². The maximum Gasteiger partial charge on any atom is 0.417 e. The molecule has 2 aromatic rings. The molecule has 6 nitrogen and oxygen atoms in total. The Bertz CT molecular complexity index is 1060. The van der Waals surface area contributed by atoms with E-state index in [1.54, 1.807) is 12.1 Å².